The second-order valence-electron chi connectivity index (χ2n) is 5.91. The number of benzene rings is 1. The number of imide groups is 2. The van der Waals surface area contributed by atoms with Gasteiger partial charge in [0.05, 0.1) is 18.3 Å². The second kappa shape index (κ2) is 6.90. The summed E-state index contributed by atoms with van der Waals surface area (Å²) in [4.78, 5) is 49.1. The average molecular weight is 334 g/mol. The number of piperidine rings is 1. The normalized spacial score (nSPS) is 19.9. The summed E-state index contributed by atoms with van der Waals surface area (Å²) >= 11 is 0. The molecule has 0 spiro atoms. The van der Waals surface area contributed by atoms with Crippen LogP contribution in [0.4, 0.5) is 4.39 Å². The van der Waals surface area contributed by atoms with Gasteiger partial charge in [-0.15, -0.1) is 0 Å². The topological polar surface area (TPSA) is 83.6 Å². The Morgan fingerprint density at radius 2 is 1.71 bits per heavy atom. The molecule has 1 N–H and O–H groups in total. The molecular formula is C17H19FN2O4. The molecule has 1 atom stereocenters. The van der Waals surface area contributed by atoms with Gasteiger partial charge in [-0.2, -0.15) is 0 Å². The fraction of sp³-hybridized carbons (Fsp3) is 0.412. The third-order valence-corrected chi connectivity index (χ3v) is 4.13. The maximum atomic E-state index is 12.5. The van der Waals surface area contributed by atoms with Crippen LogP contribution in [0.1, 0.15) is 58.9 Å². The van der Waals surface area contributed by atoms with Gasteiger partial charge in [-0.05, 0) is 30.0 Å². The molecule has 0 aromatic heterocycles. The van der Waals surface area contributed by atoms with Crippen molar-refractivity contribution in [3.63, 3.8) is 0 Å². The summed E-state index contributed by atoms with van der Waals surface area (Å²) in [5.74, 6) is -1.66. The minimum Gasteiger partial charge on any atom is -0.295 e. The largest absolute Gasteiger partial charge is 0.295 e. The van der Waals surface area contributed by atoms with E-state index in [0.29, 0.717) is 18.3 Å². The van der Waals surface area contributed by atoms with Gasteiger partial charge in [-0.25, -0.2) is 0 Å². The van der Waals surface area contributed by atoms with Crippen molar-refractivity contribution in [1.82, 2.24) is 10.2 Å². The number of nitrogens with zero attached hydrogens (tertiary/aromatic N) is 1. The van der Waals surface area contributed by atoms with E-state index < -0.39 is 23.8 Å². The zero-order valence-corrected chi connectivity index (χ0v) is 13.8. The Morgan fingerprint density at radius 3 is 2.29 bits per heavy atom. The first-order valence-corrected chi connectivity index (χ1v) is 7.63. The minimum atomic E-state index is -0.910. The standard InChI is InChI=1S/C16H16N2O4.CH3F/c1-8(2)9-3-4-10-11(7-9)16(22)18(15(10)21)12-5-6-13(19)17-14(12)20;1-2/h3-4,7-8,12H,5-6H2,1-2H3,(H,17,19,20);1H3. The van der Waals surface area contributed by atoms with Gasteiger partial charge < -0.3 is 0 Å². The highest BCUT2D eigenvalue weighted by Crippen LogP contribution is 2.29. The van der Waals surface area contributed by atoms with Gasteiger partial charge in [0.25, 0.3) is 11.8 Å². The summed E-state index contributed by atoms with van der Waals surface area (Å²) in [5.41, 5.74) is 1.62. The van der Waals surface area contributed by atoms with Gasteiger partial charge in [-0.3, -0.25) is 33.8 Å². The Balaban J connectivity index is 0.00000100. The number of rotatable bonds is 2. The first-order chi connectivity index (χ1) is 11.4. The van der Waals surface area contributed by atoms with E-state index in [1.54, 1.807) is 12.1 Å². The predicted molar refractivity (Wildman–Crippen MR) is 84.2 cm³/mol. The lowest BCUT2D eigenvalue weighted by atomic mass is 9.98. The summed E-state index contributed by atoms with van der Waals surface area (Å²) in [6.45, 7) is 4.00. The van der Waals surface area contributed by atoms with Crippen LogP contribution in [-0.2, 0) is 9.59 Å². The van der Waals surface area contributed by atoms with E-state index in [2.05, 4.69) is 5.32 Å². The van der Waals surface area contributed by atoms with Crippen LogP contribution in [-0.4, -0.2) is 41.7 Å². The molecule has 2 heterocycles. The number of fused-ring (bicyclic) bond motifs is 1. The van der Waals surface area contributed by atoms with Crippen molar-refractivity contribution in [2.75, 3.05) is 7.18 Å². The summed E-state index contributed by atoms with van der Waals surface area (Å²) in [6.07, 6.45) is 0.300. The lowest BCUT2D eigenvalue weighted by molar-refractivity contribution is -0.136. The lowest BCUT2D eigenvalue weighted by Crippen LogP contribution is -2.54. The Hall–Kier alpha value is -2.57. The molecule has 128 valence electrons. The Kier molecular flexibility index (Phi) is 5.11. The highest BCUT2D eigenvalue weighted by atomic mass is 19.1. The second-order valence-corrected chi connectivity index (χ2v) is 5.91. The van der Waals surface area contributed by atoms with Crippen LogP contribution in [0.15, 0.2) is 18.2 Å². The smallest absolute Gasteiger partial charge is 0.262 e. The number of nitrogens with one attached hydrogen (secondary N) is 1. The minimum absolute atomic E-state index is 0.126. The molecule has 24 heavy (non-hydrogen) atoms. The van der Waals surface area contributed by atoms with Crippen LogP contribution in [0, 0.1) is 0 Å². The monoisotopic (exact) mass is 334 g/mol. The molecule has 1 aromatic carbocycles. The van der Waals surface area contributed by atoms with E-state index in [4.69, 9.17) is 0 Å². The lowest BCUT2D eigenvalue weighted by Gasteiger charge is -2.27. The Labute approximate surface area is 139 Å². The van der Waals surface area contributed by atoms with E-state index in [0.717, 1.165) is 10.5 Å². The van der Waals surface area contributed by atoms with Crippen molar-refractivity contribution >= 4 is 23.6 Å². The molecule has 6 nitrogen and oxygen atoms in total. The van der Waals surface area contributed by atoms with Gasteiger partial charge >= 0.3 is 0 Å². The number of halogens is 1. The molecule has 0 saturated carbocycles. The Bertz CT molecular complexity index is 715. The van der Waals surface area contributed by atoms with E-state index in [1.807, 2.05) is 19.9 Å². The molecule has 2 aliphatic rings. The van der Waals surface area contributed by atoms with Crippen molar-refractivity contribution in [1.29, 1.82) is 0 Å². The van der Waals surface area contributed by atoms with Crippen molar-refractivity contribution in [2.45, 2.75) is 38.6 Å². The van der Waals surface area contributed by atoms with Gasteiger partial charge in [0.1, 0.15) is 6.04 Å². The maximum absolute atomic E-state index is 12.5. The van der Waals surface area contributed by atoms with E-state index >= 15 is 0 Å². The molecule has 0 aliphatic carbocycles. The van der Waals surface area contributed by atoms with Crippen LogP contribution in [0.25, 0.3) is 0 Å². The number of hydrogen-bond donors (Lipinski definition) is 1. The van der Waals surface area contributed by atoms with Crippen molar-refractivity contribution in [2.24, 2.45) is 0 Å². The molecule has 7 heteroatoms. The van der Waals surface area contributed by atoms with Gasteiger partial charge in [0, 0.05) is 6.42 Å². The van der Waals surface area contributed by atoms with E-state index in [9.17, 15) is 23.6 Å². The van der Waals surface area contributed by atoms with E-state index in [-0.39, 0.29) is 24.7 Å². The van der Waals surface area contributed by atoms with Gasteiger partial charge in [-0.1, -0.05) is 19.9 Å². The molecular weight excluding hydrogens is 315 g/mol. The molecule has 1 saturated heterocycles. The Morgan fingerprint density at radius 1 is 1.08 bits per heavy atom. The zero-order valence-electron chi connectivity index (χ0n) is 13.8. The van der Waals surface area contributed by atoms with Crippen LogP contribution in [0.5, 0.6) is 0 Å². The van der Waals surface area contributed by atoms with Crippen molar-refractivity contribution in [3.05, 3.63) is 34.9 Å². The molecule has 0 radical (unpaired) electrons. The number of carbonyl (C=O) groups excluding carboxylic acids is 4. The highest BCUT2D eigenvalue weighted by molar-refractivity contribution is 6.23. The summed E-state index contributed by atoms with van der Waals surface area (Å²) in [5, 5.41) is 2.18. The third kappa shape index (κ3) is 2.93. The number of amides is 4. The van der Waals surface area contributed by atoms with Crippen LogP contribution < -0.4 is 5.32 Å². The quantitative estimate of drug-likeness (QED) is 0.836. The number of carbonyl (C=O) groups is 4. The number of alkyl halides is 1. The van der Waals surface area contributed by atoms with Crippen LogP contribution in [0.2, 0.25) is 0 Å². The first-order valence-electron chi connectivity index (χ1n) is 7.63. The zero-order chi connectivity index (χ0) is 18.0. The summed E-state index contributed by atoms with van der Waals surface area (Å²) < 4.78 is 9.50. The molecule has 1 unspecified atom stereocenters. The predicted octanol–water partition coefficient (Wildman–Crippen LogP) is 1.80. The van der Waals surface area contributed by atoms with Crippen LogP contribution in [0.3, 0.4) is 0 Å². The maximum Gasteiger partial charge on any atom is 0.262 e. The van der Waals surface area contributed by atoms with Crippen LogP contribution >= 0.6 is 0 Å². The summed E-state index contributed by atoms with van der Waals surface area (Å²) in [6, 6.07) is 4.26. The van der Waals surface area contributed by atoms with Gasteiger partial charge in [0.15, 0.2) is 0 Å². The van der Waals surface area contributed by atoms with Crippen molar-refractivity contribution in [3.8, 4) is 0 Å². The van der Waals surface area contributed by atoms with Crippen molar-refractivity contribution < 1.29 is 23.6 Å². The van der Waals surface area contributed by atoms with Gasteiger partial charge in [0.2, 0.25) is 11.8 Å². The summed E-state index contributed by atoms with van der Waals surface area (Å²) in [7, 11) is 0.500. The molecule has 3 rings (SSSR count). The highest BCUT2D eigenvalue weighted by Gasteiger charge is 2.44. The fourth-order valence-electron chi connectivity index (χ4n) is 2.85. The molecule has 1 fully saturated rings. The van der Waals surface area contributed by atoms with E-state index in [1.165, 1.54) is 0 Å². The first kappa shape index (κ1) is 17.8. The molecule has 4 amide bonds. The number of hydrogen-bond acceptors (Lipinski definition) is 4. The molecule has 1 aromatic rings. The average Bonchev–Trinajstić information content (AvgIpc) is 2.81. The molecule has 2 aliphatic heterocycles. The SMILES string of the molecule is CC(C)c1ccc2c(c1)C(=O)N(C1CCC(=O)NC1=O)C2=O.CF. The molecule has 0 bridgehead atoms. The fourth-order valence-corrected chi connectivity index (χ4v) is 2.85. The third-order valence-electron chi connectivity index (χ3n) is 4.13.